The minimum absolute atomic E-state index is 0.0448. The molecule has 2 aromatic carbocycles. The maximum Gasteiger partial charge on any atom is 0.416 e. The van der Waals surface area contributed by atoms with Crippen molar-refractivity contribution in [3.63, 3.8) is 0 Å². The van der Waals surface area contributed by atoms with Gasteiger partial charge in [-0.3, -0.25) is 19.5 Å². The van der Waals surface area contributed by atoms with Crippen LogP contribution >= 0.6 is 0 Å². The number of anilines is 1. The number of amidine groups is 1. The Morgan fingerprint density at radius 1 is 1.04 bits per heavy atom. The van der Waals surface area contributed by atoms with Crippen molar-refractivity contribution in [2.24, 2.45) is 0 Å². The topological polar surface area (TPSA) is 101 Å². The first kappa shape index (κ1) is 34.6. The van der Waals surface area contributed by atoms with Crippen LogP contribution in [-0.4, -0.2) is 77.2 Å². The molecule has 0 unspecified atom stereocenters. The van der Waals surface area contributed by atoms with E-state index in [1.807, 2.05) is 36.7 Å². The van der Waals surface area contributed by atoms with Crippen molar-refractivity contribution < 1.29 is 18.0 Å². The SMILES string of the molecule is CCN1CCN(Cc2ccc(CNC(=O)c3ccc(C)c(C#Cc4cnc5c(NC(=N)CCNC)cccn45)c3)cc2C(F)(F)F)CC1. The summed E-state index contributed by atoms with van der Waals surface area (Å²) in [5.74, 6) is 6.24. The first-order valence-corrected chi connectivity index (χ1v) is 16.1. The summed E-state index contributed by atoms with van der Waals surface area (Å²) in [5, 5.41) is 17.1. The quantitative estimate of drug-likeness (QED) is 0.107. The van der Waals surface area contributed by atoms with Crippen LogP contribution in [0.2, 0.25) is 0 Å². The summed E-state index contributed by atoms with van der Waals surface area (Å²) in [4.78, 5) is 21.9. The minimum atomic E-state index is -4.50. The van der Waals surface area contributed by atoms with Crippen molar-refractivity contribution in [1.29, 1.82) is 5.41 Å². The lowest BCUT2D eigenvalue weighted by atomic mass is 10.0. The number of piperazine rings is 1. The number of halogens is 3. The Kier molecular flexibility index (Phi) is 11.2. The smallest absolute Gasteiger partial charge is 0.348 e. The Balaban J connectivity index is 1.27. The van der Waals surface area contributed by atoms with Gasteiger partial charge in [-0.25, -0.2) is 4.98 Å². The second-order valence-corrected chi connectivity index (χ2v) is 11.9. The summed E-state index contributed by atoms with van der Waals surface area (Å²) in [6, 6.07) is 13.2. The number of fused-ring (bicyclic) bond motifs is 1. The fourth-order valence-electron chi connectivity index (χ4n) is 5.63. The molecule has 12 heteroatoms. The van der Waals surface area contributed by atoms with Gasteiger partial charge in [-0.1, -0.05) is 31.0 Å². The van der Waals surface area contributed by atoms with Gasteiger partial charge in [-0.2, -0.15) is 13.2 Å². The Morgan fingerprint density at radius 2 is 1.81 bits per heavy atom. The van der Waals surface area contributed by atoms with Gasteiger partial charge in [0.25, 0.3) is 5.91 Å². The molecule has 1 saturated heterocycles. The predicted octanol–water partition coefficient (Wildman–Crippen LogP) is 5.13. The maximum absolute atomic E-state index is 14.1. The van der Waals surface area contributed by atoms with Crippen molar-refractivity contribution in [3.8, 4) is 11.8 Å². The van der Waals surface area contributed by atoms with Crippen LogP contribution < -0.4 is 16.0 Å². The van der Waals surface area contributed by atoms with E-state index in [1.165, 1.54) is 6.07 Å². The van der Waals surface area contributed by atoms with E-state index in [4.69, 9.17) is 5.41 Å². The Bertz CT molecular complexity index is 1830. The van der Waals surface area contributed by atoms with Crippen LogP contribution in [0.15, 0.2) is 60.9 Å². The molecule has 0 bridgehead atoms. The monoisotopic (exact) mass is 658 g/mol. The molecule has 4 N–H and O–H groups in total. The number of hydrogen-bond donors (Lipinski definition) is 4. The predicted molar refractivity (Wildman–Crippen MR) is 182 cm³/mol. The molecule has 252 valence electrons. The zero-order chi connectivity index (χ0) is 34.3. The molecular weight excluding hydrogens is 617 g/mol. The maximum atomic E-state index is 14.1. The van der Waals surface area contributed by atoms with E-state index in [9.17, 15) is 18.0 Å². The van der Waals surface area contributed by atoms with E-state index in [-0.39, 0.29) is 18.7 Å². The molecule has 2 aromatic heterocycles. The number of rotatable bonds is 10. The van der Waals surface area contributed by atoms with E-state index in [1.54, 1.807) is 30.5 Å². The number of imidazole rings is 1. The highest BCUT2D eigenvalue weighted by atomic mass is 19.4. The second-order valence-electron chi connectivity index (χ2n) is 11.9. The van der Waals surface area contributed by atoms with Crippen LogP contribution in [0.4, 0.5) is 18.9 Å². The van der Waals surface area contributed by atoms with Crippen molar-refractivity contribution in [2.75, 3.05) is 51.6 Å². The largest absolute Gasteiger partial charge is 0.416 e. The van der Waals surface area contributed by atoms with Crippen LogP contribution in [0.5, 0.6) is 0 Å². The van der Waals surface area contributed by atoms with Crippen LogP contribution in [0.1, 0.15) is 57.2 Å². The van der Waals surface area contributed by atoms with E-state index >= 15 is 0 Å². The van der Waals surface area contributed by atoms with Gasteiger partial charge in [0.05, 0.1) is 23.3 Å². The zero-order valence-electron chi connectivity index (χ0n) is 27.5. The Hall–Kier alpha value is -4.70. The van der Waals surface area contributed by atoms with Crippen LogP contribution in [0.3, 0.4) is 0 Å². The average Bonchev–Trinajstić information content (AvgIpc) is 3.50. The highest BCUT2D eigenvalue weighted by molar-refractivity contribution is 5.96. The fraction of sp³-hybridized carbons (Fsp3) is 0.361. The van der Waals surface area contributed by atoms with Gasteiger partial charge in [-0.15, -0.1) is 0 Å². The third-order valence-corrected chi connectivity index (χ3v) is 8.51. The van der Waals surface area contributed by atoms with E-state index in [2.05, 4.69) is 49.5 Å². The number of amides is 1. The number of aromatic nitrogens is 2. The number of benzene rings is 2. The van der Waals surface area contributed by atoms with Gasteiger partial charge >= 0.3 is 6.18 Å². The molecule has 1 amide bonds. The summed E-state index contributed by atoms with van der Waals surface area (Å²) in [7, 11) is 1.84. The van der Waals surface area contributed by atoms with Crippen LogP contribution in [-0.2, 0) is 19.3 Å². The van der Waals surface area contributed by atoms with Gasteiger partial charge in [0, 0.05) is 69.6 Å². The molecule has 3 heterocycles. The van der Waals surface area contributed by atoms with Gasteiger partial charge in [-0.05, 0) is 73.5 Å². The number of likely N-dealkylation sites (N-methyl/N-ethyl adjacent to an activating group) is 1. The van der Waals surface area contributed by atoms with Crippen molar-refractivity contribution >= 4 is 23.1 Å². The lowest BCUT2D eigenvalue weighted by molar-refractivity contribution is -0.138. The molecule has 48 heavy (non-hydrogen) atoms. The van der Waals surface area contributed by atoms with E-state index in [0.717, 1.165) is 44.4 Å². The standard InChI is InChI=1S/C36H41F3N8O/c1-4-45-16-18-46(19-17-45)24-29-10-8-26(20-31(29)36(37,38)39)22-43-35(48)28-9-7-25(2)27(21-28)11-12-30-23-42-34-32(6-5-15-47(30)34)44-33(40)13-14-41-3/h5-10,15,20-21,23,41H,4,13-14,16-19,22,24H2,1-3H3,(H2,40,44)(H,43,48). The third kappa shape index (κ3) is 8.60. The number of carbonyl (C=O) groups excluding carboxylic acids is 1. The van der Waals surface area contributed by atoms with E-state index in [0.29, 0.717) is 52.5 Å². The third-order valence-electron chi connectivity index (χ3n) is 8.51. The highest BCUT2D eigenvalue weighted by Crippen LogP contribution is 2.33. The molecule has 1 fully saturated rings. The Morgan fingerprint density at radius 3 is 2.54 bits per heavy atom. The molecule has 1 aliphatic heterocycles. The number of alkyl halides is 3. The molecular formula is C36H41F3N8O. The summed E-state index contributed by atoms with van der Waals surface area (Å²) in [6.45, 7) is 8.94. The average molecular weight is 659 g/mol. The summed E-state index contributed by atoms with van der Waals surface area (Å²) < 4.78 is 44.0. The molecule has 5 rings (SSSR count). The lowest BCUT2D eigenvalue weighted by Crippen LogP contribution is -2.45. The molecule has 0 radical (unpaired) electrons. The molecule has 9 nitrogen and oxygen atoms in total. The van der Waals surface area contributed by atoms with Gasteiger partial charge < -0.3 is 20.9 Å². The molecule has 0 spiro atoms. The summed E-state index contributed by atoms with van der Waals surface area (Å²) in [5.41, 5.74) is 3.79. The molecule has 0 saturated carbocycles. The molecule has 0 atom stereocenters. The number of nitrogens with one attached hydrogen (secondary N) is 4. The minimum Gasteiger partial charge on any atom is -0.348 e. The van der Waals surface area contributed by atoms with Gasteiger partial charge in [0.15, 0.2) is 5.65 Å². The summed E-state index contributed by atoms with van der Waals surface area (Å²) >= 11 is 0. The first-order chi connectivity index (χ1) is 23.0. The zero-order valence-corrected chi connectivity index (χ0v) is 27.5. The fourth-order valence-corrected chi connectivity index (χ4v) is 5.63. The number of hydrogen-bond acceptors (Lipinski definition) is 6. The normalized spacial score (nSPS) is 14.0. The molecule has 4 aromatic rings. The van der Waals surface area contributed by atoms with Gasteiger partial charge in [0.2, 0.25) is 0 Å². The first-order valence-electron chi connectivity index (χ1n) is 16.1. The molecule has 1 aliphatic rings. The Labute approximate surface area is 279 Å². The lowest BCUT2D eigenvalue weighted by Gasteiger charge is -2.34. The number of nitrogens with zero attached hydrogens (tertiary/aromatic N) is 4. The van der Waals surface area contributed by atoms with Crippen molar-refractivity contribution in [2.45, 2.75) is 39.5 Å². The van der Waals surface area contributed by atoms with E-state index < -0.39 is 17.6 Å². The molecule has 0 aliphatic carbocycles. The number of carbonyl (C=O) groups is 1. The van der Waals surface area contributed by atoms with Gasteiger partial charge in [0.1, 0.15) is 5.69 Å². The van der Waals surface area contributed by atoms with Crippen LogP contribution in [0, 0.1) is 24.2 Å². The number of aryl methyl sites for hydroxylation is 1. The second kappa shape index (κ2) is 15.5. The van der Waals surface area contributed by atoms with Crippen molar-refractivity contribution in [3.05, 3.63) is 100.0 Å². The highest BCUT2D eigenvalue weighted by Gasteiger charge is 2.34. The van der Waals surface area contributed by atoms with Crippen LogP contribution in [0.25, 0.3) is 5.65 Å². The van der Waals surface area contributed by atoms with Crippen molar-refractivity contribution in [1.82, 2.24) is 29.8 Å². The number of pyridine rings is 1. The summed E-state index contributed by atoms with van der Waals surface area (Å²) in [6.07, 6.45) is -0.453.